The fourth-order valence-electron chi connectivity index (χ4n) is 1.43. The number of aliphatic imine (C=N–C) groups is 1. The van der Waals surface area contributed by atoms with Crippen LogP contribution in [-0.4, -0.2) is 23.4 Å². The van der Waals surface area contributed by atoms with Gasteiger partial charge >= 0.3 is 0 Å². The highest BCUT2D eigenvalue weighted by molar-refractivity contribution is 6.42. The number of nitrogens with one attached hydrogen (secondary N) is 1. The summed E-state index contributed by atoms with van der Waals surface area (Å²) in [5, 5.41) is 8.75. The predicted octanol–water partition coefficient (Wildman–Crippen LogP) is 2.61. The molecular weight excluding hydrogens is 321 g/mol. The van der Waals surface area contributed by atoms with E-state index >= 15 is 0 Å². The Labute approximate surface area is 134 Å². The van der Waals surface area contributed by atoms with Crippen molar-refractivity contribution >= 4 is 47.5 Å². The second-order valence-electron chi connectivity index (χ2n) is 3.78. The number of hydrogen-bond acceptors (Lipinski definition) is 1. The summed E-state index contributed by atoms with van der Waals surface area (Å²) in [6.45, 7) is 4.51. The zero-order valence-electron chi connectivity index (χ0n) is 10.6. The highest BCUT2D eigenvalue weighted by Gasteiger charge is 2.09. The van der Waals surface area contributed by atoms with E-state index in [0.29, 0.717) is 23.1 Å². The van der Waals surface area contributed by atoms with Crippen molar-refractivity contribution in [3.05, 3.63) is 46.5 Å². The normalized spacial score (nSPS) is 9.30. The zero-order valence-corrected chi connectivity index (χ0v) is 13.0. The first-order valence-corrected chi connectivity index (χ1v) is 6.17. The standard InChI is InChI=1S/C12H15Cl2N5.ClH/c1-2-5-19(12(17)18-11(15)16)7-8-3-4-9(13)10(14)6-8;/h2-4,6H,1,5,7H2,(H5,15,16,17,18);1H. The van der Waals surface area contributed by atoms with Crippen LogP contribution in [0.1, 0.15) is 5.56 Å². The fourth-order valence-corrected chi connectivity index (χ4v) is 1.75. The van der Waals surface area contributed by atoms with Gasteiger partial charge < -0.3 is 16.4 Å². The number of rotatable bonds is 4. The lowest BCUT2D eigenvalue weighted by molar-refractivity contribution is 0.448. The summed E-state index contributed by atoms with van der Waals surface area (Å²) in [6.07, 6.45) is 1.66. The zero-order chi connectivity index (χ0) is 14.4. The maximum atomic E-state index is 7.80. The van der Waals surface area contributed by atoms with Crippen LogP contribution < -0.4 is 11.5 Å². The van der Waals surface area contributed by atoms with Gasteiger partial charge in [-0.3, -0.25) is 5.41 Å². The van der Waals surface area contributed by atoms with Crippen molar-refractivity contribution in [1.29, 1.82) is 5.41 Å². The second-order valence-corrected chi connectivity index (χ2v) is 4.59. The molecule has 0 spiro atoms. The molecule has 0 amide bonds. The summed E-state index contributed by atoms with van der Waals surface area (Å²) < 4.78 is 0. The highest BCUT2D eigenvalue weighted by Crippen LogP contribution is 2.23. The molecule has 0 fully saturated rings. The van der Waals surface area contributed by atoms with Crippen LogP contribution in [0.25, 0.3) is 0 Å². The molecule has 0 saturated heterocycles. The number of hydrogen-bond donors (Lipinski definition) is 3. The molecule has 5 N–H and O–H groups in total. The van der Waals surface area contributed by atoms with Crippen LogP contribution in [0.4, 0.5) is 0 Å². The number of halogens is 3. The first-order chi connectivity index (χ1) is 8.93. The topological polar surface area (TPSA) is 91.5 Å². The molecule has 0 aromatic heterocycles. The molecule has 0 aliphatic carbocycles. The van der Waals surface area contributed by atoms with E-state index in [1.165, 1.54) is 0 Å². The first kappa shape index (κ1) is 18.6. The van der Waals surface area contributed by atoms with Crippen molar-refractivity contribution in [3.8, 4) is 0 Å². The van der Waals surface area contributed by atoms with Gasteiger partial charge in [-0.1, -0.05) is 35.3 Å². The first-order valence-electron chi connectivity index (χ1n) is 5.42. The van der Waals surface area contributed by atoms with Crippen LogP contribution in [0, 0.1) is 5.41 Å². The van der Waals surface area contributed by atoms with Gasteiger partial charge in [-0.05, 0) is 17.7 Å². The van der Waals surface area contributed by atoms with Crippen LogP contribution >= 0.6 is 35.6 Å². The summed E-state index contributed by atoms with van der Waals surface area (Å²) in [5.74, 6) is -0.195. The summed E-state index contributed by atoms with van der Waals surface area (Å²) in [4.78, 5) is 5.35. The van der Waals surface area contributed by atoms with Gasteiger partial charge in [-0.25, -0.2) is 0 Å². The maximum absolute atomic E-state index is 7.80. The fraction of sp³-hybridized carbons (Fsp3) is 0.167. The summed E-state index contributed by atoms with van der Waals surface area (Å²) in [6, 6.07) is 5.27. The van der Waals surface area contributed by atoms with Crippen molar-refractivity contribution in [2.75, 3.05) is 6.54 Å². The number of nitrogens with two attached hydrogens (primary N) is 2. The van der Waals surface area contributed by atoms with E-state index in [1.54, 1.807) is 23.1 Å². The molecule has 5 nitrogen and oxygen atoms in total. The molecule has 0 unspecified atom stereocenters. The number of benzene rings is 1. The monoisotopic (exact) mass is 335 g/mol. The average Bonchev–Trinajstić information content (AvgIpc) is 2.32. The molecule has 1 aromatic rings. The van der Waals surface area contributed by atoms with Crippen LogP contribution in [0.3, 0.4) is 0 Å². The Hall–Kier alpha value is -1.43. The molecule has 110 valence electrons. The third kappa shape index (κ3) is 5.69. The molecule has 0 saturated carbocycles. The largest absolute Gasteiger partial charge is 0.370 e. The SMILES string of the molecule is C=CCN(Cc1ccc(Cl)c(Cl)c1)C(=N)N=C(N)N.Cl. The van der Waals surface area contributed by atoms with E-state index in [-0.39, 0.29) is 24.3 Å². The Morgan fingerprint density at radius 2 is 2.00 bits per heavy atom. The van der Waals surface area contributed by atoms with Crippen LogP contribution in [-0.2, 0) is 6.54 Å². The van der Waals surface area contributed by atoms with Crippen LogP contribution in [0.2, 0.25) is 10.0 Å². The van der Waals surface area contributed by atoms with E-state index in [1.807, 2.05) is 6.07 Å². The van der Waals surface area contributed by atoms with Crippen LogP contribution in [0.5, 0.6) is 0 Å². The number of nitrogens with zero attached hydrogens (tertiary/aromatic N) is 2. The average molecular weight is 337 g/mol. The van der Waals surface area contributed by atoms with Gasteiger partial charge in [0.25, 0.3) is 0 Å². The van der Waals surface area contributed by atoms with Crippen molar-refractivity contribution < 1.29 is 0 Å². The van der Waals surface area contributed by atoms with E-state index in [0.717, 1.165) is 5.56 Å². The van der Waals surface area contributed by atoms with E-state index < -0.39 is 0 Å². The molecule has 0 aliphatic heterocycles. The minimum absolute atomic E-state index is 0. The van der Waals surface area contributed by atoms with Crippen molar-refractivity contribution in [2.45, 2.75) is 6.54 Å². The molecule has 1 rings (SSSR count). The second kappa shape index (κ2) is 8.68. The minimum atomic E-state index is -0.159. The summed E-state index contributed by atoms with van der Waals surface area (Å²) >= 11 is 11.8. The number of guanidine groups is 2. The summed E-state index contributed by atoms with van der Waals surface area (Å²) in [7, 11) is 0. The van der Waals surface area contributed by atoms with Gasteiger partial charge in [0.05, 0.1) is 10.0 Å². The van der Waals surface area contributed by atoms with Crippen molar-refractivity contribution in [2.24, 2.45) is 16.5 Å². The third-order valence-electron chi connectivity index (χ3n) is 2.24. The lowest BCUT2D eigenvalue weighted by atomic mass is 10.2. The lowest BCUT2D eigenvalue weighted by Crippen LogP contribution is -2.33. The Morgan fingerprint density at radius 3 is 2.50 bits per heavy atom. The third-order valence-corrected chi connectivity index (χ3v) is 2.98. The van der Waals surface area contributed by atoms with E-state index in [9.17, 15) is 0 Å². The van der Waals surface area contributed by atoms with E-state index in [4.69, 9.17) is 40.1 Å². The Kier molecular flexibility index (Phi) is 8.06. The predicted molar refractivity (Wildman–Crippen MR) is 87.9 cm³/mol. The lowest BCUT2D eigenvalue weighted by Gasteiger charge is -2.21. The molecule has 0 aliphatic rings. The van der Waals surface area contributed by atoms with Gasteiger partial charge in [0, 0.05) is 13.1 Å². The quantitative estimate of drug-likeness (QED) is 0.448. The van der Waals surface area contributed by atoms with Crippen molar-refractivity contribution in [3.63, 3.8) is 0 Å². The van der Waals surface area contributed by atoms with Gasteiger partial charge in [-0.15, -0.1) is 19.0 Å². The minimum Gasteiger partial charge on any atom is -0.370 e. The van der Waals surface area contributed by atoms with Crippen molar-refractivity contribution in [1.82, 2.24) is 4.90 Å². The van der Waals surface area contributed by atoms with Gasteiger partial charge in [0.2, 0.25) is 5.96 Å². The Bertz CT molecular complexity index is 512. The van der Waals surface area contributed by atoms with E-state index in [2.05, 4.69) is 11.6 Å². The summed E-state index contributed by atoms with van der Waals surface area (Å²) in [5.41, 5.74) is 11.4. The maximum Gasteiger partial charge on any atom is 0.221 e. The Balaban J connectivity index is 0.00000361. The molecule has 0 heterocycles. The molecule has 8 heteroatoms. The molecular formula is C12H16Cl3N5. The molecule has 20 heavy (non-hydrogen) atoms. The molecule has 0 radical (unpaired) electrons. The Morgan fingerprint density at radius 1 is 1.35 bits per heavy atom. The van der Waals surface area contributed by atoms with Crippen LogP contribution in [0.15, 0.2) is 35.8 Å². The van der Waals surface area contributed by atoms with Gasteiger partial charge in [0.1, 0.15) is 0 Å². The smallest absolute Gasteiger partial charge is 0.221 e. The van der Waals surface area contributed by atoms with Gasteiger partial charge in [0.15, 0.2) is 5.96 Å². The molecule has 0 atom stereocenters. The highest BCUT2D eigenvalue weighted by atomic mass is 35.5. The van der Waals surface area contributed by atoms with Gasteiger partial charge in [-0.2, -0.15) is 4.99 Å². The molecule has 0 bridgehead atoms. The molecule has 1 aromatic carbocycles.